The Bertz CT molecular complexity index is 445. The summed E-state index contributed by atoms with van der Waals surface area (Å²) in [5, 5.41) is 4.35. The smallest absolute Gasteiger partial charge is 0.133 e. The fraction of sp³-hybridized carbons (Fsp3) is 0.364. The number of hydrogen-bond donors (Lipinski definition) is 1. The van der Waals surface area contributed by atoms with E-state index in [1.807, 2.05) is 13.2 Å². The third-order valence-corrected chi connectivity index (χ3v) is 4.68. The molecular weight excluding hydrogens is 224 g/mol. The first-order chi connectivity index (χ1) is 7.20. The molecule has 0 aliphatic rings. The van der Waals surface area contributed by atoms with Crippen molar-refractivity contribution in [2.24, 2.45) is 0 Å². The molecule has 15 heavy (non-hydrogen) atoms. The summed E-state index contributed by atoms with van der Waals surface area (Å²) < 4.78 is 0. The van der Waals surface area contributed by atoms with E-state index in [-0.39, 0.29) is 0 Å². The lowest BCUT2D eigenvalue weighted by molar-refractivity contribution is 0.662. The molecule has 1 N–H and O–H groups in total. The van der Waals surface area contributed by atoms with E-state index in [1.165, 1.54) is 14.6 Å². The molecule has 0 saturated heterocycles. The second-order valence-corrected chi connectivity index (χ2v) is 5.84. The van der Waals surface area contributed by atoms with Crippen molar-refractivity contribution in [1.82, 2.24) is 10.3 Å². The maximum atomic E-state index is 4.46. The van der Waals surface area contributed by atoms with Gasteiger partial charge in [0.05, 0.1) is 4.88 Å². The third-order valence-electron chi connectivity index (χ3n) is 2.33. The average molecular weight is 238 g/mol. The van der Waals surface area contributed by atoms with E-state index in [4.69, 9.17) is 0 Å². The van der Waals surface area contributed by atoms with E-state index in [1.54, 1.807) is 22.7 Å². The number of thiazole rings is 1. The average Bonchev–Trinajstić information content (AvgIpc) is 2.84. The number of thiophene rings is 1. The van der Waals surface area contributed by atoms with Gasteiger partial charge in [-0.3, -0.25) is 0 Å². The van der Waals surface area contributed by atoms with E-state index in [0.717, 1.165) is 5.01 Å². The Morgan fingerprint density at radius 3 is 2.73 bits per heavy atom. The maximum Gasteiger partial charge on any atom is 0.133 e. The minimum absolute atomic E-state index is 0.386. The van der Waals surface area contributed by atoms with Crippen LogP contribution in [0.1, 0.15) is 22.7 Å². The lowest BCUT2D eigenvalue weighted by Gasteiger charge is -2.04. The SMILES string of the molecule is CNC(C)c1cnc(-c2ccc(C)s2)s1. The highest BCUT2D eigenvalue weighted by atomic mass is 32.1. The molecule has 2 aromatic heterocycles. The topological polar surface area (TPSA) is 24.9 Å². The fourth-order valence-electron chi connectivity index (χ4n) is 1.29. The van der Waals surface area contributed by atoms with Gasteiger partial charge in [0, 0.05) is 22.0 Å². The van der Waals surface area contributed by atoms with Gasteiger partial charge in [-0.2, -0.15) is 0 Å². The summed E-state index contributed by atoms with van der Waals surface area (Å²) in [5.74, 6) is 0. The molecular formula is C11H14N2S2. The van der Waals surface area contributed by atoms with Gasteiger partial charge >= 0.3 is 0 Å². The van der Waals surface area contributed by atoms with Crippen LogP contribution in [0.25, 0.3) is 9.88 Å². The molecule has 0 radical (unpaired) electrons. The Hall–Kier alpha value is -0.710. The first-order valence-corrected chi connectivity index (χ1v) is 6.54. The standard InChI is InChI=1S/C11H14N2S2/c1-7-4-5-9(14-7)11-13-6-10(15-11)8(2)12-3/h4-6,8,12H,1-3H3. The van der Waals surface area contributed by atoms with Crippen LogP contribution >= 0.6 is 22.7 Å². The molecule has 0 spiro atoms. The van der Waals surface area contributed by atoms with Crippen LogP contribution < -0.4 is 5.32 Å². The molecule has 2 rings (SSSR count). The molecule has 4 heteroatoms. The molecule has 2 aromatic rings. The Labute approximate surface area is 98.0 Å². The molecule has 0 aliphatic carbocycles. The number of hydrogen-bond acceptors (Lipinski definition) is 4. The first kappa shape index (κ1) is 10.8. The normalized spacial score (nSPS) is 13.0. The molecule has 2 nitrogen and oxygen atoms in total. The van der Waals surface area contributed by atoms with E-state index in [0.29, 0.717) is 6.04 Å². The Morgan fingerprint density at radius 2 is 2.13 bits per heavy atom. The van der Waals surface area contributed by atoms with Crippen LogP contribution in [0.3, 0.4) is 0 Å². The number of nitrogens with one attached hydrogen (secondary N) is 1. The zero-order valence-electron chi connectivity index (χ0n) is 9.07. The van der Waals surface area contributed by atoms with E-state index in [2.05, 4.69) is 36.3 Å². The fourth-order valence-corrected chi connectivity index (χ4v) is 3.20. The third kappa shape index (κ3) is 2.27. The minimum atomic E-state index is 0.386. The van der Waals surface area contributed by atoms with Gasteiger partial charge in [0.2, 0.25) is 0 Å². The Morgan fingerprint density at radius 1 is 1.33 bits per heavy atom. The van der Waals surface area contributed by atoms with Gasteiger partial charge in [0.15, 0.2) is 0 Å². The van der Waals surface area contributed by atoms with Crippen molar-refractivity contribution in [1.29, 1.82) is 0 Å². The summed E-state index contributed by atoms with van der Waals surface area (Å²) in [6.45, 7) is 4.27. The molecule has 1 atom stereocenters. The second-order valence-electron chi connectivity index (χ2n) is 3.49. The lowest BCUT2D eigenvalue weighted by Crippen LogP contribution is -2.10. The molecule has 0 aliphatic heterocycles. The number of aryl methyl sites for hydroxylation is 1. The monoisotopic (exact) mass is 238 g/mol. The van der Waals surface area contributed by atoms with Crippen molar-refractivity contribution in [3.05, 3.63) is 28.1 Å². The quantitative estimate of drug-likeness (QED) is 0.885. The summed E-state index contributed by atoms with van der Waals surface area (Å²) in [5.41, 5.74) is 0. The highest BCUT2D eigenvalue weighted by Crippen LogP contribution is 2.32. The number of aromatic nitrogens is 1. The van der Waals surface area contributed by atoms with E-state index < -0.39 is 0 Å². The van der Waals surface area contributed by atoms with Gasteiger partial charge in [-0.25, -0.2) is 4.98 Å². The lowest BCUT2D eigenvalue weighted by atomic mass is 10.3. The predicted molar refractivity (Wildman–Crippen MR) is 67.6 cm³/mol. The van der Waals surface area contributed by atoms with Crippen LogP contribution in [-0.2, 0) is 0 Å². The second kappa shape index (κ2) is 4.43. The maximum absolute atomic E-state index is 4.46. The van der Waals surface area contributed by atoms with Gasteiger partial charge in [-0.15, -0.1) is 22.7 Å². The zero-order valence-corrected chi connectivity index (χ0v) is 10.7. The largest absolute Gasteiger partial charge is 0.312 e. The Kier molecular flexibility index (Phi) is 3.19. The van der Waals surface area contributed by atoms with Crippen molar-refractivity contribution in [2.45, 2.75) is 19.9 Å². The number of nitrogens with zero attached hydrogens (tertiary/aromatic N) is 1. The molecule has 0 fully saturated rings. The van der Waals surface area contributed by atoms with Crippen LogP contribution in [0, 0.1) is 6.92 Å². The van der Waals surface area contributed by atoms with Crippen molar-refractivity contribution in [2.75, 3.05) is 7.05 Å². The van der Waals surface area contributed by atoms with Crippen LogP contribution in [0.4, 0.5) is 0 Å². The summed E-state index contributed by atoms with van der Waals surface area (Å²) in [4.78, 5) is 8.35. The van der Waals surface area contributed by atoms with Crippen molar-refractivity contribution >= 4 is 22.7 Å². The van der Waals surface area contributed by atoms with Gasteiger partial charge in [0.1, 0.15) is 5.01 Å². The molecule has 2 heterocycles. The summed E-state index contributed by atoms with van der Waals surface area (Å²) in [6.07, 6.45) is 1.97. The summed E-state index contributed by atoms with van der Waals surface area (Å²) in [6, 6.07) is 4.67. The van der Waals surface area contributed by atoms with Gasteiger partial charge < -0.3 is 5.32 Å². The van der Waals surface area contributed by atoms with Gasteiger partial charge in [-0.05, 0) is 33.0 Å². The highest BCUT2D eigenvalue weighted by Gasteiger charge is 2.10. The molecule has 0 amide bonds. The predicted octanol–water partition coefficient (Wildman–Crippen LogP) is 3.46. The van der Waals surface area contributed by atoms with Crippen LogP contribution in [0.15, 0.2) is 18.3 Å². The van der Waals surface area contributed by atoms with E-state index >= 15 is 0 Å². The molecule has 0 bridgehead atoms. The Balaban J connectivity index is 2.27. The summed E-state index contributed by atoms with van der Waals surface area (Å²) >= 11 is 3.57. The molecule has 0 saturated carbocycles. The zero-order chi connectivity index (χ0) is 10.8. The van der Waals surface area contributed by atoms with Crippen LogP contribution in [-0.4, -0.2) is 12.0 Å². The molecule has 0 aromatic carbocycles. The van der Waals surface area contributed by atoms with Crippen LogP contribution in [0.5, 0.6) is 0 Å². The van der Waals surface area contributed by atoms with Crippen molar-refractivity contribution < 1.29 is 0 Å². The molecule has 1 unspecified atom stereocenters. The summed E-state index contributed by atoms with van der Waals surface area (Å²) in [7, 11) is 1.97. The van der Waals surface area contributed by atoms with Crippen molar-refractivity contribution in [3.8, 4) is 9.88 Å². The minimum Gasteiger partial charge on any atom is -0.312 e. The first-order valence-electron chi connectivity index (χ1n) is 4.90. The number of rotatable bonds is 3. The molecule has 80 valence electrons. The van der Waals surface area contributed by atoms with Gasteiger partial charge in [-0.1, -0.05) is 0 Å². The van der Waals surface area contributed by atoms with E-state index in [9.17, 15) is 0 Å². The highest BCUT2D eigenvalue weighted by molar-refractivity contribution is 7.21. The van der Waals surface area contributed by atoms with Crippen LogP contribution in [0.2, 0.25) is 0 Å². The van der Waals surface area contributed by atoms with Gasteiger partial charge in [0.25, 0.3) is 0 Å². The van der Waals surface area contributed by atoms with Crippen molar-refractivity contribution in [3.63, 3.8) is 0 Å².